The Bertz CT molecular complexity index is 1040. The Morgan fingerprint density at radius 1 is 1.00 bits per heavy atom. The first-order valence-corrected chi connectivity index (χ1v) is 9.95. The highest BCUT2D eigenvalue weighted by Gasteiger charge is 2.34. The second-order valence-electron chi connectivity index (χ2n) is 7.90. The van der Waals surface area contributed by atoms with Crippen LogP contribution in [0.4, 0.5) is 15.8 Å². The maximum Gasteiger partial charge on any atom is 0.258 e. The van der Waals surface area contributed by atoms with Gasteiger partial charge >= 0.3 is 0 Å². The number of aryl methyl sites for hydroxylation is 2. The van der Waals surface area contributed by atoms with Crippen LogP contribution in [0.2, 0.25) is 0 Å². The average Bonchev–Trinajstić information content (AvgIpc) is 2.70. The van der Waals surface area contributed by atoms with Gasteiger partial charge in [0.15, 0.2) is 0 Å². The van der Waals surface area contributed by atoms with E-state index in [1.165, 1.54) is 17.7 Å². The summed E-state index contributed by atoms with van der Waals surface area (Å²) in [4.78, 5) is 15.1. The summed E-state index contributed by atoms with van der Waals surface area (Å²) in [5, 5.41) is 3.63. The molecule has 1 heterocycles. The van der Waals surface area contributed by atoms with Crippen molar-refractivity contribution in [3.8, 4) is 0 Å². The third-order valence-corrected chi connectivity index (χ3v) is 5.52. The number of anilines is 2. The minimum Gasteiger partial charge on any atom is -0.378 e. The van der Waals surface area contributed by atoms with Gasteiger partial charge in [0.25, 0.3) is 5.91 Å². The van der Waals surface area contributed by atoms with Crippen LogP contribution in [-0.4, -0.2) is 11.9 Å². The fourth-order valence-corrected chi connectivity index (χ4v) is 4.04. The molecule has 3 aromatic carbocycles. The number of halogens is 1. The van der Waals surface area contributed by atoms with Gasteiger partial charge in [0.05, 0.1) is 6.04 Å². The fraction of sp³-hybridized carbons (Fsp3) is 0.240. The lowest BCUT2D eigenvalue weighted by Crippen LogP contribution is -2.44. The molecule has 1 N–H and O–H groups in total. The van der Waals surface area contributed by atoms with E-state index in [0.29, 0.717) is 5.56 Å². The van der Waals surface area contributed by atoms with Gasteiger partial charge in [0.1, 0.15) is 5.82 Å². The quantitative estimate of drug-likeness (QED) is 0.594. The minimum absolute atomic E-state index is 0.0241. The van der Waals surface area contributed by atoms with Gasteiger partial charge in [-0.3, -0.25) is 4.79 Å². The topological polar surface area (TPSA) is 32.3 Å². The van der Waals surface area contributed by atoms with Gasteiger partial charge in [-0.15, -0.1) is 0 Å². The predicted octanol–water partition coefficient (Wildman–Crippen LogP) is 6.03. The summed E-state index contributed by atoms with van der Waals surface area (Å²) in [6, 6.07) is 20.5. The maximum atomic E-state index is 13.7. The number of carbonyl (C=O) groups excluding carboxylic acids is 1. The zero-order valence-electron chi connectivity index (χ0n) is 16.9. The van der Waals surface area contributed by atoms with Crippen LogP contribution >= 0.6 is 0 Å². The molecule has 0 aliphatic carbocycles. The third-order valence-electron chi connectivity index (χ3n) is 5.52. The van der Waals surface area contributed by atoms with Crippen molar-refractivity contribution >= 4 is 17.3 Å². The maximum absolute atomic E-state index is 13.7. The molecule has 1 aliphatic heterocycles. The van der Waals surface area contributed by atoms with Gasteiger partial charge in [-0.1, -0.05) is 41.5 Å². The lowest BCUT2D eigenvalue weighted by atomic mass is 9.89. The monoisotopic (exact) mass is 388 g/mol. The van der Waals surface area contributed by atoms with E-state index in [4.69, 9.17) is 0 Å². The van der Waals surface area contributed by atoms with Crippen LogP contribution in [0.1, 0.15) is 46.4 Å². The normalized spacial score (nSPS) is 18.3. The molecule has 3 nitrogen and oxygen atoms in total. The van der Waals surface area contributed by atoms with E-state index < -0.39 is 5.82 Å². The number of amides is 1. The molecule has 3 aromatic rings. The molecular formula is C25H25FN2O. The van der Waals surface area contributed by atoms with Crippen molar-refractivity contribution in [1.82, 2.24) is 0 Å². The number of hydrogen-bond acceptors (Lipinski definition) is 2. The minimum atomic E-state index is -0.399. The molecule has 0 spiro atoms. The van der Waals surface area contributed by atoms with E-state index in [0.717, 1.165) is 28.9 Å². The summed E-state index contributed by atoms with van der Waals surface area (Å²) in [6.45, 7) is 6.17. The van der Waals surface area contributed by atoms with Gasteiger partial charge in [-0.2, -0.15) is 0 Å². The zero-order valence-corrected chi connectivity index (χ0v) is 16.9. The lowest BCUT2D eigenvalue weighted by molar-refractivity contribution is 0.0973. The first-order chi connectivity index (χ1) is 13.9. The van der Waals surface area contributed by atoms with Gasteiger partial charge < -0.3 is 10.2 Å². The Morgan fingerprint density at radius 3 is 2.45 bits per heavy atom. The van der Waals surface area contributed by atoms with Gasteiger partial charge in [-0.05, 0) is 69.2 Å². The van der Waals surface area contributed by atoms with Crippen molar-refractivity contribution in [3.63, 3.8) is 0 Å². The number of rotatable bonds is 3. The molecule has 0 fully saturated rings. The predicted molar refractivity (Wildman–Crippen MR) is 116 cm³/mol. The molecule has 4 rings (SSSR count). The molecule has 0 aromatic heterocycles. The molecule has 0 radical (unpaired) electrons. The second-order valence-corrected chi connectivity index (χ2v) is 7.90. The molecular weight excluding hydrogens is 363 g/mol. The summed E-state index contributed by atoms with van der Waals surface area (Å²) in [5.41, 5.74) is 5.77. The largest absolute Gasteiger partial charge is 0.378 e. The molecule has 0 unspecified atom stereocenters. The molecule has 2 atom stereocenters. The second kappa shape index (κ2) is 7.70. The zero-order chi connectivity index (χ0) is 20.5. The highest BCUT2D eigenvalue weighted by molar-refractivity contribution is 6.07. The Morgan fingerprint density at radius 2 is 1.72 bits per heavy atom. The summed E-state index contributed by atoms with van der Waals surface area (Å²) in [5.74, 6) is -0.570. The van der Waals surface area contributed by atoms with Crippen LogP contribution in [0, 0.1) is 19.7 Å². The van der Waals surface area contributed by atoms with Crippen LogP contribution in [0.5, 0.6) is 0 Å². The summed E-state index contributed by atoms with van der Waals surface area (Å²) in [7, 11) is 0. The van der Waals surface area contributed by atoms with Crippen LogP contribution in [-0.2, 0) is 0 Å². The van der Waals surface area contributed by atoms with Crippen molar-refractivity contribution in [1.29, 1.82) is 0 Å². The van der Waals surface area contributed by atoms with Gasteiger partial charge in [-0.25, -0.2) is 4.39 Å². The van der Waals surface area contributed by atoms with E-state index in [9.17, 15) is 9.18 Å². The number of carbonyl (C=O) groups is 1. The lowest BCUT2D eigenvalue weighted by Gasteiger charge is -2.40. The standard InChI is InChI=1S/C25H25FN2O/c1-16-7-10-21(11-8-16)27-23-14-18(3)28(24-12-9-17(2)13-22(23)24)25(29)19-5-4-6-20(26)15-19/h4-13,15,18,23,27H,14H2,1-3H3/t18-,23-/m0/s1. The number of nitrogens with zero attached hydrogens (tertiary/aromatic N) is 1. The van der Waals surface area contributed by atoms with E-state index >= 15 is 0 Å². The number of nitrogens with one attached hydrogen (secondary N) is 1. The van der Waals surface area contributed by atoms with Gasteiger partial charge in [0, 0.05) is 23.0 Å². The van der Waals surface area contributed by atoms with E-state index in [1.54, 1.807) is 17.0 Å². The Kier molecular flexibility index (Phi) is 5.10. The average molecular weight is 388 g/mol. The number of benzene rings is 3. The molecule has 1 amide bonds. The molecule has 148 valence electrons. The Balaban J connectivity index is 1.71. The van der Waals surface area contributed by atoms with Crippen LogP contribution in [0.25, 0.3) is 0 Å². The number of fused-ring (bicyclic) bond motifs is 1. The van der Waals surface area contributed by atoms with Crippen molar-refractivity contribution in [2.45, 2.75) is 39.3 Å². The summed E-state index contributed by atoms with van der Waals surface area (Å²) >= 11 is 0. The summed E-state index contributed by atoms with van der Waals surface area (Å²) < 4.78 is 13.7. The number of hydrogen-bond donors (Lipinski definition) is 1. The van der Waals surface area contributed by atoms with Crippen molar-refractivity contribution < 1.29 is 9.18 Å². The Labute approximate surface area is 171 Å². The van der Waals surface area contributed by atoms with Crippen LogP contribution in [0.15, 0.2) is 66.7 Å². The molecule has 29 heavy (non-hydrogen) atoms. The van der Waals surface area contributed by atoms with Crippen molar-refractivity contribution in [2.24, 2.45) is 0 Å². The molecule has 0 bridgehead atoms. The van der Waals surface area contributed by atoms with Crippen molar-refractivity contribution in [2.75, 3.05) is 10.2 Å². The fourth-order valence-electron chi connectivity index (χ4n) is 4.04. The van der Waals surface area contributed by atoms with Crippen LogP contribution < -0.4 is 10.2 Å². The molecule has 0 saturated carbocycles. The van der Waals surface area contributed by atoms with E-state index in [-0.39, 0.29) is 18.0 Å². The molecule has 0 saturated heterocycles. The first-order valence-electron chi connectivity index (χ1n) is 9.95. The first kappa shape index (κ1) is 19.2. The van der Waals surface area contributed by atoms with Crippen LogP contribution in [0.3, 0.4) is 0 Å². The van der Waals surface area contributed by atoms with Gasteiger partial charge in [0.2, 0.25) is 0 Å². The summed E-state index contributed by atoms with van der Waals surface area (Å²) in [6.07, 6.45) is 0.769. The van der Waals surface area contributed by atoms with E-state index in [1.807, 2.05) is 19.1 Å². The third kappa shape index (κ3) is 3.88. The SMILES string of the molecule is Cc1ccc(N[C@H]2C[C@H](C)N(C(=O)c3cccc(F)c3)c3ccc(C)cc32)cc1. The molecule has 4 heteroatoms. The highest BCUT2D eigenvalue weighted by atomic mass is 19.1. The Hall–Kier alpha value is -3.14. The van der Waals surface area contributed by atoms with E-state index in [2.05, 4.69) is 49.5 Å². The smallest absolute Gasteiger partial charge is 0.258 e. The highest BCUT2D eigenvalue weighted by Crippen LogP contribution is 2.40. The molecule has 1 aliphatic rings. The van der Waals surface area contributed by atoms with Crippen molar-refractivity contribution in [3.05, 3.63) is 94.8 Å².